The zero-order valence-electron chi connectivity index (χ0n) is 14.7. The molecule has 0 unspecified atom stereocenters. The van der Waals surface area contributed by atoms with E-state index in [1.807, 2.05) is 18.5 Å². The standard InChI is InChI=1S/C20H25N3O/c1-15-11-19-20(12-16(15)2)23(14-22-19)10-4-9-21-13-17-5-7-18(24-3)8-6-17/h5-8,11-12,14,21H,4,9-10,13H2,1-3H3. The summed E-state index contributed by atoms with van der Waals surface area (Å²) in [6, 6.07) is 12.6. The Labute approximate surface area is 143 Å². The van der Waals surface area contributed by atoms with Crippen LogP contribution in [0.5, 0.6) is 5.75 Å². The van der Waals surface area contributed by atoms with Gasteiger partial charge in [0.25, 0.3) is 0 Å². The second-order valence-corrected chi connectivity index (χ2v) is 6.24. The van der Waals surface area contributed by atoms with Gasteiger partial charge in [-0.1, -0.05) is 12.1 Å². The molecule has 0 aliphatic rings. The molecule has 0 radical (unpaired) electrons. The summed E-state index contributed by atoms with van der Waals surface area (Å²) in [4.78, 5) is 4.51. The lowest BCUT2D eigenvalue weighted by Crippen LogP contribution is -2.16. The molecule has 0 amide bonds. The van der Waals surface area contributed by atoms with Crippen LogP contribution >= 0.6 is 0 Å². The van der Waals surface area contributed by atoms with Gasteiger partial charge in [-0.25, -0.2) is 4.98 Å². The molecule has 0 atom stereocenters. The predicted molar refractivity (Wildman–Crippen MR) is 98.5 cm³/mol. The normalized spacial score (nSPS) is 11.1. The summed E-state index contributed by atoms with van der Waals surface area (Å²) in [6.45, 7) is 7.14. The van der Waals surface area contributed by atoms with Crippen molar-refractivity contribution in [3.05, 3.63) is 59.4 Å². The first kappa shape index (κ1) is 16.5. The van der Waals surface area contributed by atoms with Crippen LogP contribution in [0.25, 0.3) is 11.0 Å². The zero-order chi connectivity index (χ0) is 16.9. The fourth-order valence-corrected chi connectivity index (χ4v) is 2.84. The highest BCUT2D eigenvalue weighted by molar-refractivity contribution is 5.77. The lowest BCUT2D eigenvalue weighted by atomic mass is 10.1. The molecule has 24 heavy (non-hydrogen) atoms. The van der Waals surface area contributed by atoms with Crippen LogP contribution in [0.4, 0.5) is 0 Å². The monoisotopic (exact) mass is 323 g/mol. The largest absolute Gasteiger partial charge is 0.497 e. The van der Waals surface area contributed by atoms with Crippen molar-refractivity contribution in [2.75, 3.05) is 13.7 Å². The van der Waals surface area contributed by atoms with Crippen molar-refractivity contribution in [2.45, 2.75) is 33.4 Å². The molecule has 126 valence electrons. The highest BCUT2D eigenvalue weighted by Crippen LogP contribution is 2.18. The summed E-state index contributed by atoms with van der Waals surface area (Å²) in [5.74, 6) is 0.899. The van der Waals surface area contributed by atoms with Crippen molar-refractivity contribution in [3.8, 4) is 5.75 Å². The molecule has 1 N–H and O–H groups in total. The molecule has 0 aliphatic heterocycles. The number of hydrogen-bond acceptors (Lipinski definition) is 3. The SMILES string of the molecule is COc1ccc(CNCCCn2cnc3cc(C)c(C)cc32)cc1. The number of hydrogen-bond donors (Lipinski definition) is 1. The Balaban J connectivity index is 1.49. The third-order valence-corrected chi connectivity index (χ3v) is 4.48. The third kappa shape index (κ3) is 3.77. The third-order valence-electron chi connectivity index (χ3n) is 4.48. The van der Waals surface area contributed by atoms with Gasteiger partial charge >= 0.3 is 0 Å². The molecule has 2 aromatic carbocycles. The second kappa shape index (κ2) is 7.49. The fourth-order valence-electron chi connectivity index (χ4n) is 2.84. The number of nitrogens with one attached hydrogen (secondary N) is 1. The summed E-state index contributed by atoms with van der Waals surface area (Å²) >= 11 is 0. The van der Waals surface area contributed by atoms with Gasteiger partial charge in [-0.15, -0.1) is 0 Å². The van der Waals surface area contributed by atoms with E-state index in [2.05, 4.69) is 53.0 Å². The molecule has 4 nitrogen and oxygen atoms in total. The van der Waals surface area contributed by atoms with Crippen LogP contribution in [0.3, 0.4) is 0 Å². The van der Waals surface area contributed by atoms with Crippen LogP contribution in [0.2, 0.25) is 0 Å². The molecule has 4 heteroatoms. The van der Waals surface area contributed by atoms with Gasteiger partial charge < -0.3 is 14.6 Å². The number of rotatable bonds is 7. The topological polar surface area (TPSA) is 39.1 Å². The quantitative estimate of drug-likeness (QED) is 0.671. The van der Waals surface area contributed by atoms with E-state index < -0.39 is 0 Å². The molecular formula is C20H25N3O. The average Bonchev–Trinajstić information content (AvgIpc) is 2.97. The average molecular weight is 323 g/mol. The van der Waals surface area contributed by atoms with Gasteiger partial charge in [0, 0.05) is 13.1 Å². The van der Waals surface area contributed by atoms with E-state index in [0.29, 0.717) is 0 Å². The molecule has 3 rings (SSSR count). The minimum atomic E-state index is 0.882. The van der Waals surface area contributed by atoms with E-state index in [9.17, 15) is 0 Å². The molecule has 0 saturated heterocycles. The number of aryl methyl sites for hydroxylation is 3. The molecule has 1 aromatic heterocycles. The Bertz CT molecular complexity index is 806. The molecule has 0 fully saturated rings. The van der Waals surface area contributed by atoms with Crippen molar-refractivity contribution in [3.63, 3.8) is 0 Å². The number of fused-ring (bicyclic) bond motifs is 1. The molecule has 0 saturated carbocycles. The van der Waals surface area contributed by atoms with E-state index in [-0.39, 0.29) is 0 Å². The van der Waals surface area contributed by atoms with E-state index in [4.69, 9.17) is 4.74 Å². The first-order chi connectivity index (χ1) is 11.7. The Morgan fingerprint density at radius 3 is 2.58 bits per heavy atom. The van der Waals surface area contributed by atoms with Gasteiger partial charge in [0.05, 0.1) is 24.5 Å². The van der Waals surface area contributed by atoms with Crippen LogP contribution in [0.15, 0.2) is 42.7 Å². The molecule has 0 aliphatic carbocycles. The predicted octanol–water partition coefficient (Wildman–Crippen LogP) is 3.84. The summed E-state index contributed by atoms with van der Waals surface area (Å²) in [6.07, 6.45) is 3.03. The minimum Gasteiger partial charge on any atom is -0.497 e. The maximum absolute atomic E-state index is 5.18. The van der Waals surface area contributed by atoms with Crippen LogP contribution in [-0.4, -0.2) is 23.2 Å². The van der Waals surface area contributed by atoms with Crippen LogP contribution in [0.1, 0.15) is 23.1 Å². The van der Waals surface area contributed by atoms with E-state index in [1.54, 1.807) is 7.11 Å². The van der Waals surface area contributed by atoms with Gasteiger partial charge in [-0.3, -0.25) is 0 Å². The van der Waals surface area contributed by atoms with Gasteiger partial charge in [0.1, 0.15) is 5.75 Å². The Hall–Kier alpha value is -2.33. The van der Waals surface area contributed by atoms with Crippen LogP contribution in [-0.2, 0) is 13.1 Å². The number of ether oxygens (including phenoxy) is 1. The first-order valence-electron chi connectivity index (χ1n) is 8.43. The Morgan fingerprint density at radius 1 is 1.08 bits per heavy atom. The number of methoxy groups -OCH3 is 1. The fraction of sp³-hybridized carbons (Fsp3) is 0.350. The second-order valence-electron chi connectivity index (χ2n) is 6.24. The van der Waals surface area contributed by atoms with E-state index in [1.165, 1.54) is 22.2 Å². The summed E-state index contributed by atoms with van der Waals surface area (Å²) in [5, 5.41) is 3.50. The maximum atomic E-state index is 5.18. The van der Waals surface area contributed by atoms with Crippen molar-refractivity contribution in [1.82, 2.24) is 14.9 Å². The summed E-state index contributed by atoms with van der Waals surface area (Å²) < 4.78 is 7.42. The first-order valence-corrected chi connectivity index (χ1v) is 8.43. The van der Waals surface area contributed by atoms with Crippen molar-refractivity contribution in [2.24, 2.45) is 0 Å². The Morgan fingerprint density at radius 2 is 1.83 bits per heavy atom. The number of nitrogens with zero attached hydrogens (tertiary/aromatic N) is 2. The maximum Gasteiger partial charge on any atom is 0.118 e. The van der Waals surface area contributed by atoms with Crippen LogP contribution < -0.4 is 10.1 Å². The van der Waals surface area contributed by atoms with E-state index in [0.717, 1.165) is 37.3 Å². The van der Waals surface area contributed by atoms with Gasteiger partial charge in [-0.2, -0.15) is 0 Å². The number of aromatic nitrogens is 2. The number of imidazole rings is 1. The lowest BCUT2D eigenvalue weighted by Gasteiger charge is -2.08. The van der Waals surface area contributed by atoms with Gasteiger partial charge in [0.2, 0.25) is 0 Å². The highest BCUT2D eigenvalue weighted by atomic mass is 16.5. The zero-order valence-corrected chi connectivity index (χ0v) is 14.7. The molecule has 0 bridgehead atoms. The van der Waals surface area contributed by atoms with Crippen molar-refractivity contribution in [1.29, 1.82) is 0 Å². The molecule has 3 aromatic rings. The summed E-state index contributed by atoms with van der Waals surface area (Å²) in [7, 11) is 1.69. The minimum absolute atomic E-state index is 0.882. The Kier molecular flexibility index (Phi) is 5.16. The number of benzene rings is 2. The molecule has 1 heterocycles. The summed E-state index contributed by atoms with van der Waals surface area (Å²) in [5.41, 5.74) is 6.21. The van der Waals surface area contributed by atoms with Gasteiger partial charge in [0.15, 0.2) is 0 Å². The highest BCUT2D eigenvalue weighted by Gasteiger charge is 2.04. The molecular weight excluding hydrogens is 298 g/mol. The smallest absolute Gasteiger partial charge is 0.118 e. The van der Waals surface area contributed by atoms with E-state index >= 15 is 0 Å². The van der Waals surface area contributed by atoms with Crippen molar-refractivity contribution >= 4 is 11.0 Å². The van der Waals surface area contributed by atoms with Crippen molar-refractivity contribution < 1.29 is 4.74 Å². The lowest BCUT2D eigenvalue weighted by molar-refractivity contribution is 0.414. The van der Waals surface area contributed by atoms with Crippen LogP contribution in [0, 0.1) is 13.8 Å². The van der Waals surface area contributed by atoms with Gasteiger partial charge in [-0.05, 0) is 67.8 Å². The molecule has 0 spiro atoms.